The van der Waals surface area contributed by atoms with Gasteiger partial charge in [-0.05, 0) is 17.7 Å². The highest BCUT2D eigenvalue weighted by Gasteiger charge is 2.11. The maximum Gasteiger partial charge on any atom is 0.218 e. The van der Waals surface area contributed by atoms with Gasteiger partial charge in [0.2, 0.25) is 15.9 Å². The molecule has 1 rings (SSSR count). The zero-order valence-electron chi connectivity index (χ0n) is 9.22. The Labute approximate surface area is 100 Å². The van der Waals surface area contributed by atoms with E-state index >= 15 is 0 Å². The largest absolute Gasteiger partial charge is 0.399 e. The Bertz CT molecular complexity index is 499. The number of hydrogen-bond acceptors (Lipinski definition) is 4. The van der Waals surface area contributed by atoms with Crippen LogP contribution in [0, 0.1) is 0 Å². The lowest BCUT2D eigenvalue weighted by Crippen LogP contribution is -2.29. The summed E-state index contributed by atoms with van der Waals surface area (Å²) in [5.74, 6) is -0.715. The van der Waals surface area contributed by atoms with Gasteiger partial charge in [0, 0.05) is 18.7 Å². The number of rotatable bonds is 6. The van der Waals surface area contributed by atoms with Gasteiger partial charge in [-0.2, -0.15) is 0 Å². The Morgan fingerprint density at radius 1 is 1.35 bits per heavy atom. The molecule has 0 aliphatic heterocycles. The molecule has 0 radical (unpaired) electrons. The molecule has 94 valence electrons. The summed E-state index contributed by atoms with van der Waals surface area (Å²) in [6.45, 7) is 0.0139. The van der Waals surface area contributed by atoms with Gasteiger partial charge in [0.15, 0.2) is 0 Å². The van der Waals surface area contributed by atoms with E-state index in [-0.39, 0.29) is 18.7 Å². The first-order valence-electron chi connectivity index (χ1n) is 4.99. The predicted molar refractivity (Wildman–Crippen MR) is 65.3 cm³/mol. The van der Waals surface area contributed by atoms with Crippen LogP contribution in [-0.4, -0.2) is 20.9 Å². The highest BCUT2D eigenvalue weighted by Crippen LogP contribution is 2.09. The standard InChI is InChI=1S/C10H15N3O3S/c11-9-3-1-2-8(6-9)7-17(15,16)13-5-4-10(12)14/h1-3,6,13H,4-5,7,11H2,(H2,12,14). The highest BCUT2D eigenvalue weighted by molar-refractivity contribution is 7.88. The number of anilines is 1. The first-order valence-corrected chi connectivity index (χ1v) is 6.64. The van der Waals surface area contributed by atoms with Crippen molar-refractivity contribution in [2.24, 2.45) is 5.73 Å². The van der Waals surface area contributed by atoms with Crippen molar-refractivity contribution in [2.75, 3.05) is 12.3 Å². The van der Waals surface area contributed by atoms with Gasteiger partial charge in [-0.3, -0.25) is 4.79 Å². The molecule has 0 saturated carbocycles. The number of nitrogens with one attached hydrogen (secondary N) is 1. The van der Waals surface area contributed by atoms with E-state index < -0.39 is 15.9 Å². The van der Waals surface area contributed by atoms with Crippen LogP contribution in [0.5, 0.6) is 0 Å². The second-order valence-corrected chi connectivity index (χ2v) is 5.42. The van der Waals surface area contributed by atoms with Gasteiger partial charge in [-0.1, -0.05) is 12.1 Å². The molecule has 1 amide bonds. The van der Waals surface area contributed by atoms with Crippen molar-refractivity contribution in [1.29, 1.82) is 0 Å². The molecule has 0 aromatic heterocycles. The summed E-state index contributed by atoms with van der Waals surface area (Å²) >= 11 is 0. The average Bonchev–Trinajstić information content (AvgIpc) is 2.15. The summed E-state index contributed by atoms with van der Waals surface area (Å²) in [5.41, 5.74) is 11.5. The van der Waals surface area contributed by atoms with Gasteiger partial charge in [-0.25, -0.2) is 13.1 Å². The Hall–Kier alpha value is -1.60. The van der Waals surface area contributed by atoms with E-state index in [9.17, 15) is 13.2 Å². The fourth-order valence-corrected chi connectivity index (χ4v) is 2.42. The molecule has 1 aromatic carbocycles. The van der Waals surface area contributed by atoms with Gasteiger partial charge in [0.05, 0.1) is 5.75 Å². The maximum atomic E-state index is 11.6. The number of amides is 1. The summed E-state index contributed by atoms with van der Waals surface area (Å²) in [6.07, 6.45) is -0.0177. The lowest BCUT2D eigenvalue weighted by molar-refractivity contribution is -0.117. The van der Waals surface area contributed by atoms with Crippen molar-refractivity contribution in [1.82, 2.24) is 4.72 Å². The Balaban J connectivity index is 2.57. The zero-order chi connectivity index (χ0) is 12.9. The third kappa shape index (κ3) is 5.32. The van der Waals surface area contributed by atoms with Crippen molar-refractivity contribution in [3.63, 3.8) is 0 Å². The predicted octanol–water partition coefficient (Wildman–Crippen LogP) is -0.436. The number of primary amides is 1. The van der Waals surface area contributed by atoms with Crippen molar-refractivity contribution >= 4 is 21.6 Å². The SMILES string of the molecule is NC(=O)CCNS(=O)(=O)Cc1cccc(N)c1. The first-order chi connectivity index (χ1) is 7.89. The molecule has 7 heteroatoms. The molecule has 0 unspecified atom stereocenters. The summed E-state index contributed by atoms with van der Waals surface area (Å²) in [4.78, 5) is 10.5. The Kier molecular flexibility index (Phi) is 4.47. The highest BCUT2D eigenvalue weighted by atomic mass is 32.2. The van der Waals surface area contributed by atoms with Crippen LogP contribution in [0.15, 0.2) is 24.3 Å². The fourth-order valence-electron chi connectivity index (χ4n) is 1.28. The van der Waals surface area contributed by atoms with Crippen LogP contribution in [0.25, 0.3) is 0 Å². The minimum atomic E-state index is -3.46. The molecule has 0 aliphatic carbocycles. The fraction of sp³-hybridized carbons (Fsp3) is 0.300. The topological polar surface area (TPSA) is 115 Å². The molecular weight excluding hydrogens is 242 g/mol. The van der Waals surface area contributed by atoms with E-state index in [4.69, 9.17) is 11.5 Å². The van der Waals surface area contributed by atoms with Crippen LogP contribution in [0.2, 0.25) is 0 Å². The molecule has 0 fully saturated rings. The van der Waals surface area contributed by atoms with E-state index in [0.29, 0.717) is 11.3 Å². The Morgan fingerprint density at radius 3 is 2.65 bits per heavy atom. The molecule has 0 aliphatic rings. The van der Waals surface area contributed by atoms with E-state index in [1.54, 1.807) is 24.3 Å². The molecule has 5 N–H and O–H groups in total. The second kappa shape index (κ2) is 5.65. The van der Waals surface area contributed by atoms with Crippen LogP contribution in [0.3, 0.4) is 0 Å². The van der Waals surface area contributed by atoms with Crippen molar-refractivity contribution in [3.8, 4) is 0 Å². The monoisotopic (exact) mass is 257 g/mol. The minimum Gasteiger partial charge on any atom is -0.399 e. The molecular formula is C10H15N3O3S. The van der Waals surface area contributed by atoms with Crippen LogP contribution in [-0.2, 0) is 20.6 Å². The van der Waals surface area contributed by atoms with Crippen molar-refractivity contribution in [3.05, 3.63) is 29.8 Å². The lowest BCUT2D eigenvalue weighted by Gasteiger charge is -2.06. The zero-order valence-corrected chi connectivity index (χ0v) is 10.0. The summed E-state index contributed by atoms with van der Waals surface area (Å²) in [6, 6.07) is 6.62. The van der Waals surface area contributed by atoms with E-state index in [2.05, 4.69) is 4.72 Å². The number of nitrogen functional groups attached to an aromatic ring is 1. The van der Waals surface area contributed by atoms with Crippen LogP contribution < -0.4 is 16.2 Å². The number of benzene rings is 1. The third-order valence-electron chi connectivity index (χ3n) is 2.00. The van der Waals surface area contributed by atoms with Gasteiger partial charge in [-0.15, -0.1) is 0 Å². The molecule has 1 aromatic rings. The van der Waals surface area contributed by atoms with Gasteiger partial charge in [0.1, 0.15) is 0 Å². The molecule has 0 heterocycles. The van der Waals surface area contributed by atoms with Crippen molar-refractivity contribution < 1.29 is 13.2 Å². The van der Waals surface area contributed by atoms with Gasteiger partial charge < -0.3 is 11.5 Å². The first kappa shape index (κ1) is 13.5. The lowest BCUT2D eigenvalue weighted by atomic mass is 10.2. The smallest absolute Gasteiger partial charge is 0.218 e. The minimum absolute atomic E-state index is 0.0139. The molecule has 6 nitrogen and oxygen atoms in total. The average molecular weight is 257 g/mol. The maximum absolute atomic E-state index is 11.6. The number of carbonyl (C=O) groups excluding carboxylic acids is 1. The van der Waals surface area contributed by atoms with Crippen LogP contribution >= 0.6 is 0 Å². The number of sulfonamides is 1. The Morgan fingerprint density at radius 2 is 2.06 bits per heavy atom. The van der Waals surface area contributed by atoms with E-state index in [1.165, 1.54) is 0 Å². The molecule has 0 spiro atoms. The summed E-state index contributed by atoms with van der Waals surface area (Å²) in [7, 11) is -3.46. The summed E-state index contributed by atoms with van der Waals surface area (Å²) < 4.78 is 25.5. The van der Waals surface area contributed by atoms with E-state index in [1.807, 2.05) is 0 Å². The van der Waals surface area contributed by atoms with Gasteiger partial charge in [0.25, 0.3) is 0 Å². The van der Waals surface area contributed by atoms with Crippen molar-refractivity contribution in [2.45, 2.75) is 12.2 Å². The summed E-state index contributed by atoms with van der Waals surface area (Å²) in [5, 5.41) is 0. The second-order valence-electron chi connectivity index (χ2n) is 3.61. The number of hydrogen-bond donors (Lipinski definition) is 3. The van der Waals surface area contributed by atoms with E-state index in [0.717, 1.165) is 0 Å². The number of carbonyl (C=O) groups is 1. The van der Waals surface area contributed by atoms with Crippen LogP contribution in [0.1, 0.15) is 12.0 Å². The van der Waals surface area contributed by atoms with Gasteiger partial charge >= 0.3 is 0 Å². The third-order valence-corrected chi connectivity index (χ3v) is 3.36. The van der Waals surface area contributed by atoms with Crippen LogP contribution in [0.4, 0.5) is 5.69 Å². The number of nitrogens with two attached hydrogens (primary N) is 2. The molecule has 0 saturated heterocycles. The molecule has 17 heavy (non-hydrogen) atoms. The molecule has 0 bridgehead atoms. The normalized spacial score (nSPS) is 11.3. The molecule has 0 atom stereocenters. The quantitative estimate of drug-likeness (QED) is 0.599.